The van der Waals surface area contributed by atoms with E-state index in [0.717, 1.165) is 18.4 Å². The van der Waals surface area contributed by atoms with Gasteiger partial charge in [0.15, 0.2) is 0 Å². The summed E-state index contributed by atoms with van der Waals surface area (Å²) in [6.45, 7) is 2.37. The molecule has 1 saturated carbocycles. The van der Waals surface area contributed by atoms with Crippen molar-refractivity contribution in [3.63, 3.8) is 0 Å². The Balaban J connectivity index is 0.00000288. The lowest BCUT2D eigenvalue weighted by Crippen LogP contribution is -2.53. The number of hydrogen-bond donors (Lipinski definition) is 2. The van der Waals surface area contributed by atoms with Crippen molar-refractivity contribution in [3.05, 3.63) is 35.9 Å². The molecular formula is C18H27ClN2O3. The van der Waals surface area contributed by atoms with E-state index in [4.69, 9.17) is 10.5 Å². The molecule has 0 heterocycles. The summed E-state index contributed by atoms with van der Waals surface area (Å²) in [6.07, 6.45) is 3.92. The van der Waals surface area contributed by atoms with Gasteiger partial charge in [-0.1, -0.05) is 43.2 Å². The summed E-state index contributed by atoms with van der Waals surface area (Å²) in [5.41, 5.74) is 6.42. The fourth-order valence-electron chi connectivity index (χ4n) is 3.02. The molecule has 3 N–H and O–H groups in total. The Morgan fingerprint density at radius 2 is 1.88 bits per heavy atom. The summed E-state index contributed by atoms with van der Waals surface area (Å²) in [5.74, 6) is -0.835. The number of carbonyl (C=O) groups is 2. The predicted molar refractivity (Wildman–Crippen MR) is 95.9 cm³/mol. The van der Waals surface area contributed by atoms with Crippen molar-refractivity contribution in [1.29, 1.82) is 0 Å². The van der Waals surface area contributed by atoms with E-state index in [-0.39, 0.29) is 30.8 Å². The number of benzene rings is 1. The van der Waals surface area contributed by atoms with Crippen LogP contribution in [-0.2, 0) is 20.7 Å². The molecule has 0 saturated heterocycles. The van der Waals surface area contributed by atoms with E-state index in [0.29, 0.717) is 25.9 Å². The Morgan fingerprint density at radius 1 is 1.25 bits per heavy atom. The van der Waals surface area contributed by atoms with Crippen LogP contribution < -0.4 is 11.1 Å². The first-order valence-corrected chi connectivity index (χ1v) is 8.33. The van der Waals surface area contributed by atoms with Gasteiger partial charge in [0.2, 0.25) is 5.91 Å². The highest BCUT2D eigenvalue weighted by Crippen LogP contribution is 2.27. The van der Waals surface area contributed by atoms with E-state index < -0.39 is 11.5 Å². The minimum atomic E-state index is -0.772. The van der Waals surface area contributed by atoms with Crippen LogP contribution in [0.5, 0.6) is 0 Å². The second kappa shape index (κ2) is 9.64. The molecule has 0 spiro atoms. The first-order chi connectivity index (χ1) is 11.0. The number of rotatable bonds is 7. The maximum Gasteiger partial charge on any atom is 0.311 e. The molecule has 6 heteroatoms. The summed E-state index contributed by atoms with van der Waals surface area (Å²) in [7, 11) is 0. The summed E-state index contributed by atoms with van der Waals surface area (Å²) >= 11 is 0. The first kappa shape index (κ1) is 20.5. The number of ether oxygens (including phenoxy) is 1. The summed E-state index contributed by atoms with van der Waals surface area (Å²) < 4.78 is 5.14. The number of nitrogens with one attached hydrogen (secondary N) is 1. The summed E-state index contributed by atoms with van der Waals surface area (Å²) in [5, 5.41) is 2.86. The van der Waals surface area contributed by atoms with Crippen LogP contribution in [0.2, 0.25) is 0 Å². The quantitative estimate of drug-likeness (QED) is 0.735. The molecule has 1 aromatic carbocycles. The van der Waals surface area contributed by atoms with Crippen molar-refractivity contribution in [1.82, 2.24) is 5.32 Å². The zero-order chi connectivity index (χ0) is 16.7. The highest BCUT2D eigenvalue weighted by Gasteiger charge is 2.37. The van der Waals surface area contributed by atoms with Crippen molar-refractivity contribution in [3.8, 4) is 0 Å². The van der Waals surface area contributed by atoms with Crippen molar-refractivity contribution < 1.29 is 14.3 Å². The van der Waals surface area contributed by atoms with Crippen LogP contribution in [-0.4, -0.2) is 30.6 Å². The molecule has 1 aliphatic rings. The van der Waals surface area contributed by atoms with E-state index in [1.165, 1.54) is 0 Å². The second-order valence-electron chi connectivity index (χ2n) is 6.21. The van der Waals surface area contributed by atoms with Crippen LogP contribution in [0.15, 0.2) is 30.3 Å². The Bertz CT molecular complexity index is 530. The molecule has 1 aliphatic carbocycles. The molecule has 1 atom stereocenters. The molecule has 2 rings (SSSR count). The monoisotopic (exact) mass is 354 g/mol. The molecule has 5 nitrogen and oxygen atoms in total. The van der Waals surface area contributed by atoms with Crippen molar-refractivity contribution in [2.75, 3.05) is 13.2 Å². The molecule has 1 fully saturated rings. The first-order valence-electron chi connectivity index (χ1n) is 8.33. The van der Waals surface area contributed by atoms with Crippen molar-refractivity contribution in [2.45, 2.75) is 44.6 Å². The number of nitrogens with two attached hydrogens (primary N) is 1. The van der Waals surface area contributed by atoms with Gasteiger partial charge >= 0.3 is 5.97 Å². The molecule has 0 bridgehead atoms. The SMILES string of the molecule is CCOC(=O)C(CNC(=O)C1(N)CCCC1)Cc1ccccc1.Cl. The molecular weight excluding hydrogens is 328 g/mol. The average molecular weight is 355 g/mol. The fraction of sp³-hybridized carbons (Fsp3) is 0.556. The largest absolute Gasteiger partial charge is 0.466 e. The van der Waals surface area contributed by atoms with Gasteiger partial charge in [-0.2, -0.15) is 0 Å². The third-order valence-electron chi connectivity index (χ3n) is 4.40. The zero-order valence-corrected chi connectivity index (χ0v) is 14.9. The van der Waals surface area contributed by atoms with Gasteiger partial charge in [-0.05, 0) is 31.7 Å². The maximum atomic E-state index is 12.3. The normalized spacial score (nSPS) is 16.8. The van der Waals surface area contributed by atoms with Gasteiger partial charge in [-0.15, -0.1) is 12.4 Å². The third-order valence-corrected chi connectivity index (χ3v) is 4.40. The average Bonchev–Trinajstić information content (AvgIpc) is 3.00. The van der Waals surface area contributed by atoms with Crippen molar-refractivity contribution >= 4 is 24.3 Å². The lowest BCUT2D eigenvalue weighted by atomic mass is 9.96. The van der Waals surface area contributed by atoms with Gasteiger partial charge in [0.25, 0.3) is 0 Å². The van der Waals surface area contributed by atoms with Crippen LogP contribution in [0.3, 0.4) is 0 Å². The van der Waals surface area contributed by atoms with E-state index in [9.17, 15) is 9.59 Å². The third kappa shape index (κ3) is 5.49. The minimum Gasteiger partial charge on any atom is -0.466 e. The van der Waals surface area contributed by atoms with Crippen LogP contribution >= 0.6 is 12.4 Å². The molecule has 0 aromatic heterocycles. The van der Waals surface area contributed by atoms with Gasteiger partial charge in [0.1, 0.15) is 0 Å². The van der Waals surface area contributed by atoms with Crippen LogP contribution in [0.25, 0.3) is 0 Å². The smallest absolute Gasteiger partial charge is 0.311 e. The van der Waals surface area contributed by atoms with E-state index in [2.05, 4.69) is 5.32 Å². The number of carbonyl (C=O) groups excluding carboxylic acids is 2. The van der Waals surface area contributed by atoms with Gasteiger partial charge in [-0.3, -0.25) is 9.59 Å². The van der Waals surface area contributed by atoms with Crippen LogP contribution in [0.4, 0.5) is 0 Å². The molecule has 1 aromatic rings. The number of hydrogen-bond acceptors (Lipinski definition) is 4. The van der Waals surface area contributed by atoms with Crippen LogP contribution in [0.1, 0.15) is 38.2 Å². The molecule has 1 unspecified atom stereocenters. The highest BCUT2D eigenvalue weighted by molar-refractivity contribution is 5.87. The number of amides is 1. The Labute approximate surface area is 149 Å². The lowest BCUT2D eigenvalue weighted by Gasteiger charge is -2.24. The van der Waals surface area contributed by atoms with Crippen LogP contribution in [0, 0.1) is 5.92 Å². The second-order valence-corrected chi connectivity index (χ2v) is 6.21. The molecule has 0 aliphatic heterocycles. The highest BCUT2D eigenvalue weighted by atomic mass is 35.5. The molecule has 0 radical (unpaired) electrons. The maximum absolute atomic E-state index is 12.3. The Kier molecular flexibility index (Phi) is 8.22. The summed E-state index contributed by atoms with van der Waals surface area (Å²) in [4.78, 5) is 24.5. The Hall–Kier alpha value is -1.59. The van der Waals surface area contributed by atoms with Gasteiger partial charge in [-0.25, -0.2) is 0 Å². The Morgan fingerprint density at radius 3 is 2.46 bits per heavy atom. The topological polar surface area (TPSA) is 81.4 Å². The molecule has 134 valence electrons. The summed E-state index contributed by atoms with van der Waals surface area (Å²) in [6, 6.07) is 9.74. The van der Waals surface area contributed by atoms with Crippen molar-refractivity contribution in [2.24, 2.45) is 11.7 Å². The van der Waals surface area contributed by atoms with E-state index in [1.807, 2.05) is 30.3 Å². The van der Waals surface area contributed by atoms with Gasteiger partial charge < -0.3 is 15.8 Å². The fourth-order valence-corrected chi connectivity index (χ4v) is 3.02. The van der Waals surface area contributed by atoms with Gasteiger partial charge in [0.05, 0.1) is 18.1 Å². The minimum absolute atomic E-state index is 0. The number of esters is 1. The molecule has 24 heavy (non-hydrogen) atoms. The zero-order valence-electron chi connectivity index (χ0n) is 14.1. The standard InChI is InChI=1S/C18H26N2O3.ClH/c1-2-23-16(21)15(12-14-8-4-3-5-9-14)13-20-17(22)18(19)10-6-7-11-18;/h3-5,8-9,15H,2,6-7,10-13,19H2,1H3,(H,20,22);1H. The predicted octanol–water partition coefficient (Wildman–Crippen LogP) is 2.22. The van der Waals surface area contributed by atoms with E-state index in [1.54, 1.807) is 6.92 Å². The number of halogens is 1. The molecule has 1 amide bonds. The lowest BCUT2D eigenvalue weighted by molar-refractivity contribution is -0.148. The van der Waals surface area contributed by atoms with E-state index >= 15 is 0 Å². The van der Waals surface area contributed by atoms with Gasteiger partial charge in [0, 0.05) is 6.54 Å².